The van der Waals surface area contributed by atoms with Gasteiger partial charge in [0.05, 0.1) is 26.4 Å². The number of carbonyl (C=O) groups excluding carboxylic acids is 4. The van der Waals surface area contributed by atoms with Crippen molar-refractivity contribution >= 4 is 39.5 Å². The highest BCUT2D eigenvalue weighted by Crippen LogP contribution is 2.45. The van der Waals surface area contributed by atoms with E-state index in [1.54, 1.807) is 0 Å². The van der Waals surface area contributed by atoms with Crippen LogP contribution in [0.2, 0.25) is 0 Å². The summed E-state index contributed by atoms with van der Waals surface area (Å²) in [6.07, 6.45) is 40.6. The Morgan fingerprint density at radius 3 is 0.810 bits per heavy atom. The molecule has 0 fully saturated rings. The molecule has 2 unspecified atom stereocenters. The first-order chi connectivity index (χ1) is 40.4. The number of phosphoric ester groups is 2. The summed E-state index contributed by atoms with van der Waals surface area (Å²) in [7, 11) is -9.88. The Morgan fingerprint density at radius 2 is 0.548 bits per heavy atom. The van der Waals surface area contributed by atoms with Gasteiger partial charge in [0, 0.05) is 25.7 Å². The van der Waals surface area contributed by atoms with Crippen molar-refractivity contribution < 1.29 is 80.2 Å². The number of carbonyl (C=O) groups is 4. The van der Waals surface area contributed by atoms with Gasteiger partial charge in [0.15, 0.2) is 12.2 Å². The van der Waals surface area contributed by atoms with Crippen molar-refractivity contribution in [1.29, 1.82) is 0 Å². The Labute approximate surface area is 511 Å². The zero-order valence-corrected chi connectivity index (χ0v) is 56.0. The van der Waals surface area contributed by atoms with Crippen molar-refractivity contribution in [2.45, 2.75) is 342 Å². The van der Waals surface area contributed by atoms with E-state index < -0.39 is 97.5 Å². The molecule has 0 amide bonds. The molecule has 0 saturated heterocycles. The van der Waals surface area contributed by atoms with Gasteiger partial charge in [-0.1, -0.05) is 273 Å². The second-order valence-electron chi connectivity index (χ2n) is 24.5. The van der Waals surface area contributed by atoms with Gasteiger partial charge in [-0.05, 0) is 37.5 Å². The molecular formula is C65H126O17P2. The van der Waals surface area contributed by atoms with E-state index in [1.807, 2.05) is 0 Å². The van der Waals surface area contributed by atoms with Crippen molar-refractivity contribution in [1.82, 2.24) is 0 Å². The van der Waals surface area contributed by atoms with Crippen molar-refractivity contribution in [3.63, 3.8) is 0 Å². The van der Waals surface area contributed by atoms with Crippen LogP contribution in [0.3, 0.4) is 0 Å². The monoisotopic (exact) mass is 1240 g/mol. The van der Waals surface area contributed by atoms with Crippen LogP contribution in [0.5, 0.6) is 0 Å². The Morgan fingerprint density at radius 1 is 0.321 bits per heavy atom. The fraction of sp³-hybridized carbons (Fsp3) is 0.938. The average molecular weight is 1240 g/mol. The van der Waals surface area contributed by atoms with Gasteiger partial charge in [0.25, 0.3) is 0 Å². The SMILES string of the molecule is CCCCCCCCCCCCCCC(=O)O[C@H](COC(=O)CCCCCCC)COP(=O)(O)OC[C@H](O)COP(=O)(O)OC[C@@H](COC(=O)CCCCCCCCCCCCC(C)C)OC(=O)CCCCCCCCCCCCCC(C)C. The van der Waals surface area contributed by atoms with Gasteiger partial charge < -0.3 is 33.8 Å². The predicted octanol–water partition coefficient (Wildman–Crippen LogP) is 18.0. The first-order valence-corrected chi connectivity index (χ1v) is 37.0. The summed E-state index contributed by atoms with van der Waals surface area (Å²) < 4.78 is 67.9. The molecule has 19 heteroatoms. The minimum atomic E-state index is -4.94. The lowest BCUT2D eigenvalue weighted by Gasteiger charge is -2.21. The molecule has 0 spiro atoms. The fourth-order valence-corrected chi connectivity index (χ4v) is 11.3. The molecule has 0 saturated carbocycles. The van der Waals surface area contributed by atoms with Crippen molar-refractivity contribution in [2.75, 3.05) is 39.6 Å². The molecule has 0 aromatic rings. The average Bonchev–Trinajstić information content (AvgIpc) is 3.49. The van der Waals surface area contributed by atoms with Gasteiger partial charge >= 0.3 is 39.5 Å². The van der Waals surface area contributed by atoms with E-state index in [-0.39, 0.29) is 25.7 Å². The smallest absolute Gasteiger partial charge is 0.462 e. The molecule has 17 nitrogen and oxygen atoms in total. The van der Waals surface area contributed by atoms with Crippen molar-refractivity contribution in [3.8, 4) is 0 Å². The summed E-state index contributed by atoms with van der Waals surface area (Å²) in [6, 6.07) is 0. The summed E-state index contributed by atoms with van der Waals surface area (Å²) in [6.45, 7) is 9.42. The summed E-state index contributed by atoms with van der Waals surface area (Å²) >= 11 is 0. The van der Waals surface area contributed by atoms with Crippen LogP contribution in [0.4, 0.5) is 0 Å². The maximum absolute atomic E-state index is 13.0. The lowest BCUT2D eigenvalue weighted by Crippen LogP contribution is -2.30. The lowest BCUT2D eigenvalue weighted by molar-refractivity contribution is -0.161. The second-order valence-corrected chi connectivity index (χ2v) is 27.4. The largest absolute Gasteiger partial charge is 0.472 e. The van der Waals surface area contributed by atoms with E-state index in [2.05, 4.69) is 41.5 Å². The molecule has 84 heavy (non-hydrogen) atoms. The van der Waals surface area contributed by atoms with Crippen molar-refractivity contribution in [2.24, 2.45) is 11.8 Å². The minimum absolute atomic E-state index is 0.106. The minimum Gasteiger partial charge on any atom is -0.462 e. The van der Waals surface area contributed by atoms with E-state index in [0.717, 1.165) is 108 Å². The van der Waals surface area contributed by atoms with Gasteiger partial charge in [-0.3, -0.25) is 37.3 Å². The molecule has 3 N–H and O–H groups in total. The summed E-state index contributed by atoms with van der Waals surface area (Å²) in [5.41, 5.74) is 0. The Bertz CT molecular complexity index is 1650. The van der Waals surface area contributed by atoms with Gasteiger partial charge in [0.1, 0.15) is 19.3 Å². The maximum Gasteiger partial charge on any atom is 0.472 e. The molecule has 0 rings (SSSR count). The molecule has 0 aliphatic carbocycles. The molecular weight excluding hydrogens is 1110 g/mol. The van der Waals surface area contributed by atoms with Gasteiger partial charge in [0.2, 0.25) is 0 Å². The number of esters is 4. The lowest BCUT2D eigenvalue weighted by atomic mass is 10.0. The van der Waals surface area contributed by atoms with E-state index in [0.29, 0.717) is 25.7 Å². The summed E-state index contributed by atoms with van der Waals surface area (Å²) in [5.74, 6) is -0.617. The molecule has 0 heterocycles. The molecule has 498 valence electrons. The third-order valence-corrected chi connectivity index (χ3v) is 16.9. The van der Waals surface area contributed by atoms with Crippen LogP contribution >= 0.6 is 15.6 Å². The Balaban J connectivity index is 5.18. The zero-order chi connectivity index (χ0) is 62.2. The van der Waals surface area contributed by atoms with Crippen LogP contribution in [-0.4, -0.2) is 96.7 Å². The molecule has 0 bridgehead atoms. The van der Waals surface area contributed by atoms with Gasteiger partial charge in [-0.15, -0.1) is 0 Å². The molecule has 0 radical (unpaired) electrons. The van der Waals surface area contributed by atoms with Crippen LogP contribution in [0.25, 0.3) is 0 Å². The predicted molar refractivity (Wildman–Crippen MR) is 335 cm³/mol. The Kier molecular flexibility index (Phi) is 56.2. The van der Waals surface area contributed by atoms with Gasteiger partial charge in [-0.2, -0.15) is 0 Å². The third kappa shape index (κ3) is 59.0. The van der Waals surface area contributed by atoms with Crippen molar-refractivity contribution in [3.05, 3.63) is 0 Å². The first-order valence-electron chi connectivity index (χ1n) is 34.0. The number of hydrogen-bond acceptors (Lipinski definition) is 15. The molecule has 0 aromatic heterocycles. The van der Waals surface area contributed by atoms with Crippen LogP contribution in [0, 0.1) is 11.8 Å². The number of hydrogen-bond donors (Lipinski definition) is 3. The summed E-state index contributed by atoms with van der Waals surface area (Å²) in [5, 5.41) is 10.5. The van der Waals surface area contributed by atoms with E-state index in [9.17, 15) is 43.2 Å². The van der Waals surface area contributed by atoms with Crippen LogP contribution in [-0.2, 0) is 65.4 Å². The quantitative estimate of drug-likeness (QED) is 0.0222. The Hall–Kier alpha value is -1.94. The van der Waals surface area contributed by atoms with Crippen LogP contribution in [0.1, 0.15) is 324 Å². The number of phosphoric acid groups is 2. The number of aliphatic hydroxyl groups excluding tert-OH is 1. The fourth-order valence-electron chi connectivity index (χ4n) is 9.71. The highest BCUT2D eigenvalue weighted by molar-refractivity contribution is 7.47. The second kappa shape index (κ2) is 57.5. The van der Waals surface area contributed by atoms with Gasteiger partial charge in [-0.25, -0.2) is 9.13 Å². The highest BCUT2D eigenvalue weighted by Gasteiger charge is 2.30. The normalized spacial score (nSPS) is 14.3. The number of ether oxygens (including phenoxy) is 4. The van der Waals surface area contributed by atoms with E-state index in [1.165, 1.54) is 135 Å². The van der Waals surface area contributed by atoms with Crippen LogP contribution in [0.15, 0.2) is 0 Å². The van der Waals surface area contributed by atoms with E-state index >= 15 is 0 Å². The number of rotatable bonds is 64. The molecule has 0 aliphatic heterocycles. The standard InChI is InChI=1S/C65H126O17P2/c1-7-9-11-13-14-15-16-19-26-31-37-43-49-64(69)81-60(53-75-62(67)47-41-33-12-10-8-2)55-79-83(71,72)77-51-59(66)52-78-84(73,74)80-56-61(54-76-63(68)48-42-36-30-25-22-21-24-29-35-40-46-58(5)6)82-65(70)50-44-38-32-27-20-17-18-23-28-34-39-45-57(3)4/h57-61,66H,7-56H2,1-6H3,(H,71,72)(H,73,74)/t59-,60+,61+/m0/s1. The molecule has 0 aromatic carbocycles. The van der Waals surface area contributed by atoms with Crippen LogP contribution < -0.4 is 0 Å². The first kappa shape index (κ1) is 82.1. The number of unbranched alkanes of at least 4 members (excludes halogenated alkanes) is 34. The third-order valence-electron chi connectivity index (χ3n) is 15.0. The topological polar surface area (TPSA) is 237 Å². The molecule has 0 aliphatic rings. The summed E-state index contributed by atoms with van der Waals surface area (Å²) in [4.78, 5) is 72.1. The molecule has 5 atom stereocenters. The number of aliphatic hydroxyl groups is 1. The maximum atomic E-state index is 13.0. The zero-order valence-electron chi connectivity index (χ0n) is 54.2. The highest BCUT2D eigenvalue weighted by atomic mass is 31.2. The van der Waals surface area contributed by atoms with E-state index in [4.69, 9.17) is 37.0 Å².